The fourth-order valence-corrected chi connectivity index (χ4v) is 2.90. The molecule has 1 saturated heterocycles. The van der Waals surface area contributed by atoms with Crippen LogP contribution in [0.5, 0.6) is 0 Å². The maximum absolute atomic E-state index is 10.1. The van der Waals surface area contributed by atoms with Crippen LogP contribution in [0.15, 0.2) is 0 Å². The number of ether oxygens (including phenoxy) is 2. The highest BCUT2D eigenvalue weighted by molar-refractivity contribution is 5.00. The number of rotatable bonds is 3. The summed E-state index contributed by atoms with van der Waals surface area (Å²) >= 11 is 0. The average molecular weight is 322 g/mol. The van der Waals surface area contributed by atoms with Gasteiger partial charge in [-0.05, 0) is 6.42 Å². The highest BCUT2D eigenvalue weighted by Gasteiger charge is 2.47. The fourth-order valence-electron chi connectivity index (χ4n) is 2.90. The Hall–Kier alpha value is -0.400. The molecule has 0 aromatic heterocycles. The second kappa shape index (κ2) is 7.01. The van der Waals surface area contributed by atoms with Crippen LogP contribution in [-0.4, -0.2) is 88.0 Å². The van der Waals surface area contributed by atoms with E-state index in [1.807, 2.05) is 0 Å². The summed E-state index contributed by atoms with van der Waals surface area (Å²) in [7, 11) is 0. The Balaban J connectivity index is 2.08. The van der Waals surface area contributed by atoms with E-state index in [2.05, 4.69) is 0 Å². The minimum absolute atomic E-state index is 0.253. The van der Waals surface area contributed by atoms with Gasteiger partial charge in [-0.15, -0.1) is 0 Å². The zero-order valence-electron chi connectivity index (χ0n) is 12.1. The predicted octanol–water partition coefficient (Wildman–Crippen LogP) is -5.12. The molecule has 1 aliphatic carbocycles. The third kappa shape index (κ3) is 3.26. The zero-order chi connectivity index (χ0) is 16.6. The van der Waals surface area contributed by atoms with Gasteiger partial charge in [-0.1, -0.05) is 0 Å². The summed E-state index contributed by atoms with van der Waals surface area (Å²) in [6.07, 6.45) is -6.35. The van der Waals surface area contributed by atoms with Crippen molar-refractivity contribution in [2.24, 2.45) is 22.9 Å². The van der Waals surface area contributed by atoms with Crippen LogP contribution in [0.1, 0.15) is 6.42 Å². The van der Waals surface area contributed by atoms with E-state index in [9.17, 15) is 20.4 Å². The molecule has 0 spiro atoms. The summed E-state index contributed by atoms with van der Waals surface area (Å²) in [5.74, 6) is 0. The zero-order valence-corrected chi connectivity index (χ0v) is 12.1. The van der Waals surface area contributed by atoms with Crippen molar-refractivity contribution in [2.75, 3.05) is 6.61 Å². The molecule has 1 aliphatic heterocycles. The summed E-state index contributed by atoms with van der Waals surface area (Å²) in [5, 5.41) is 38.9. The molecule has 22 heavy (non-hydrogen) atoms. The van der Waals surface area contributed by atoms with Gasteiger partial charge in [-0.25, -0.2) is 0 Å². The molecule has 2 aliphatic rings. The van der Waals surface area contributed by atoms with Crippen LogP contribution >= 0.6 is 0 Å². The molecule has 0 radical (unpaired) electrons. The number of hydrogen-bond donors (Lipinski definition) is 8. The monoisotopic (exact) mass is 322 g/mol. The smallest absolute Gasteiger partial charge is 0.175 e. The van der Waals surface area contributed by atoms with E-state index in [0.717, 1.165) is 0 Å². The van der Waals surface area contributed by atoms with Crippen LogP contribution in [0, 0.1) is 0 Å². The molecule has 2 fully saturated rings. The summed E-state index contributed by atoms with van der Waals surface area (Å²) in [6, 6.07) is -3.04. The lowest BCUT2D eigenvalue weighted by molar-refractivity contribution is -0.277. The lowest BCUT2D eigenvalue weighted by Gasteiger charge is -2.46. The van der Waals surface area contributed by atoms with E-state index in [4.69, 9.17) is 32.4 Å². The van der Waals surface area contributed by atoms with Gasteiger partial charge in [0.1, 0.15) is 18.3 Å². The second-order valence-corrected chi connectivity index (χ2v) is 6.02. The van der Waals surface area contributed by atoms with Gasteiger partial charge in [-0.2, -0.15) is 0 Å². The van der Waals surface area contributed by atoms with Crippen LogP contribution < -0.4 is 22.9 Å². The first-order valence-corrected chi connectivity index (χ1v) is 7.26. The lowest BCUT2D eigenvalue weighted by atomic mass is 9.84. The van der Waals surface area contributed by atoms with Crippen molar-refractivity contribution in [2.45, 2.75) is 67.4 Å². The molecule has 0 amide bonds. The molecular weight excluding hydrogens is 296 g/mol. The topological polar surface area (TPSA) is 203 Å². The minimum atomic E-state index is -1.30. The normalized spacial score (nSPS) is 53.5. The van der Waals surface area contributed by atoms with Crippen molar-refractivity contribution in [3.63, 3.8) is 0 Å². The molecule has 12 N–H and O–H groups in total. The van der Waals surface area contributed by atoms with Crippen LogP contribution in [0.3, 0.4) is 0 Å². The van der Waals surface area contributed by atoms with Crippen molar-refractivity contribution < 1.29 is 29.9 Å². The quantitative estimate of drug-likeness (QED) is 0.248. The molecule has 1 heterocycles. The summed E-state index contributed by atoms with van der Waals surface area (Å²) in [5.41, 5.74) is 23.3. The molecule has 7 unspecified atom stereocenters. The highest BCUT2D eigenvalue weighted by Crippen LogP contribution is 2.26. The number of aliphatic hydroxyl groups is 4. The molecule has 0 bridgehead atoms. The Bertz CT molecular complexity index is 376. The molecular formula is C12H26N4O6. The first kappa shape index (κ1) is 17.9. The maximum atomic E-state index is 10.1. The van der Waals surface area contributed by atoms with E-state index in [0.29, 0.717) is 0 Å². The van der Waals surface area contributed by atoms with E-state index < -0.39 is 67.6 Å². The van der Waals surface area contributed by atoms with E-state index in [1.165, 1.54) is 0 Å². The van der Waals surface area contributed by atoms with Gasteiger partial charge >= 0.3 is 0 Å². The molecule has 2 rings (SSSR count). The van der Waals surface area contributed by atoms with Gasteiger partial charge in [0, 0.05) is 12.1 Å². The predicted molar refractivity (Wildman–Crippen MR) is 75.2 cm³/mol. The van der Waals surface area contributed by atoms with Gasteiger partial charge in [0.25, 0.3) is 0 Å². The number of nitrogens with two attached hydrogens (primary N) is 4. The molecule has 130 valence electrons. The summed E-state index contributed by atoms with van der Waals surface area (Å²) in [4.78, 5) is 0. The summed E-state index contributed by atoms with van der Waals surface area (Å²) in [6.45, 7) is -0.464. The molecule has 10 heteroatoms. The van der Waals surface area contributed by atoms with E-state index >= 15 is 0 Å². The fraction of sp³-hybridized carbons (Fsp3) is 1.00. The van der Waals surface area contributed by atoms with Crippen LogP contribution in [-0.2, 0) is 9.47 Å². The highest BCUT2D eigenvalue weighted by atomic mass is 16.7. The average Bonchev–Trinajstić information content (AvgIpc) is 2.49. The Labute approximate surface area is 128 Å². The van der Waals surface area contributed by atoms with Gasteiger partial charge in [0.15, 0.2) is 6.29 Å². The van der Waals surface area contributed by atoms with Crippen molar-refractivity contribution in [1.29, 1.82) is 0 Å². The van der Waals surface area contributed by atoms with Crippen molar-refractivity contribution in [3.05, 3.63) is 0 Å². The first-order valence-electron chi connectivity index (χ1n) is 7.26. The second-order valence-electron chi connectivity index (χ2n) is 6.02. The van der Waals surface area contributed by atoms with Crippen molar-refractivity contribution in [3.8, 4) is 0 Å². The Morgan fingerprint density at radius 1 is 0.909 bits per heavy atom. The Morgan fingerprint density at radius 2 is 1.55 bits per heavy atom. The van der Waals surface area contributed by atoms with E-state index in [-0.39, 0.29) is 6.42 Å². The number of aliphatic hydroxyl groups excluding tert-OH is 4. The molecule has 10 atom stereocenters. The third-order valence-corrected chi connectivity index (χ3v) is 4.41. The molecule has 10 nitrogen and oxygen atoms in total. The lowest BCUT2D eigenvalue weighted by Crippen LogP contribution is -2.68. The molecule has 1 saturated carbocycles. The van der Waals surface area contributed by atoms with Gasteiger partial charge in [0.2, 0.25) is 0 Å². The molecule has 0 aromatic carbocycles. The largest absolute Gasteiger partial charge is 0.394 e. The van der Waals surface area contributed by atoms with Gasteiger partial charge in [-0.3, -0.25) is 0 Å². The number of hydrogen-bond acceptors (Lipinski definition) is 10. The minimum Gasteiger partial charge on any atom is -0.394 e. The van der Waals surface area contributed by atoms with Crippen molar-refractivity contribution >= 4 is 0 Å². The van der Waals surface area contributed by atoms with Gasteiger partial charge < -0.3 is 52.8 Å². The summed E-state index contributed by atoms with van der Waals surface area (Å²) < 4.78 is 11.0. The first-order chi connectivity index (χ1) is 10.3. The van der Waals surface area contributed by atoms with Crippen LogP contribution in [0.25, 0.3) is 0 Å². The standard InChI is InChI=1S/C12H26N4O6/c13-3-1-4(14)11(10(20)8(3)18)22-12-7(16)6(15)9(19)5(2-17)21-12/h3-12,17-20H,1-2,13-16H2/t3?,4?,5?,6?,7?,8?,9-,10?,11-,12-/m1/s1. The Kier molecular flexibility index (Phi) is 5.72. The Morgan fingerprint density at radius 3 is 2.14 bits per heavy atom. The molecule has 0 aromatic rings. The van der Waals surface area contributed by atoms with Crippen LogP contribution in [0.2, 0.25) is 0 Å². The SMILES string of the molecule is NC1CC(N)[C@@H](O[C@H]2OC(CO)[C@@H](O)C(N)C2N)C(O)C1O. The van der Waals surface area contributed by atoms with Gasteiger partial charge in [0.05, 0.1) is 30.9 Å². The maximum Gasteiger partial charge on any atom is 0.175 e. The van der Waals surface area contributed by atoms with Crippen LogP contribution in [0.4, 0.5) is 0 Å². The van der Waals surface area contributed by atoms with Crippen molar-refractivity contribution in [1.82, 2.24) is 0 Å². The third-order valence-electron chi connectivity index (χ3n) is 4.41. The van der Waals surface area contributed by atoms with E-state index in [1.54, 1.807) is 0 Å².